The number of Topliss-reactive ketones (excluding diaryl/α,β-unsaturated/α-hetero) is 1. The number of hydrogen-bond acceptors (Lipinski definition) is 4. The molecule has 158 valence electrons. The first-order chi connectivity index (χ1) is 14.9. The van der Waals surface area contributed by atoms with Gasteiger partial charge in [-0.05, 0) is 36.2 Å². The maximum absolute atomic E-state index is 13.4. The third-order valence-electron chi connectivity index (χ3n) is 5.14. The number of benzene rings is 3. The lowest BCUT2D eigenvalue weighted by Crippen LogP contribution is -2.39. The smallest absolute Gasteiger partial charge is 0.270 e. The van der Waals surface area contributed by atoms with Gasteiger partial charge in [0, 0.05) is 23.3 Å². The van der Waals surface area contributed by atoms with Crippen LogP contribution in [0.5, 0.6) is 0 Å². The van der Waals surface area contributed by atoms with Gasteiger partial charge >= 0.3 is 0 Å². The molecular formula is C24H21ClN2O3S. The Hall–Kier alpha value is -3.09. The van der Waals surface area contributed by atoms with Crippen molar-refractivity contribution >= 4 is 33.1 Å². The van der Waals surface area contributed by atoms with Gasteiger partial charge in [0.05, 0.1) is 12.2 Å². The lowest BCUT2D eigenvalue weighted by molar-refractivity contribution is 0.104. The number of carbonyl (C=O) groups is 1. The van der Waals surface area contributed by atoms with E-state index in [1.165, 1.54) is 10.5 Å². The molecule has 0 unspecified atom stereocenters. The van der Waals surface area contributed by atoms with Crippen LogP contribution in [0.15, 0.2) is 83.9 Å². The Morgan fingerprint density at radius 1 is 0.968 bits per heavy atom. The standard InChI is InChI=1S/C24H21ClN2O3S/c1-17-10-12-18(13-11-17)16-27-22-9-5-3-7-20(22)24(28)23(31(27,29)30)15-26-14-19-6-2-4-8-21(19)25/h2-13,15,26H,14,16H2,1H3/b23-15+. The Kier molecular flexibility index (Phi) is 5.85. The highest BCUT2D eigenvalue weighted by atomic mass is 35.5. The topological polar surface area (TPSA) is 66.5 Å². The van der Waals surface area contributed by atoms with E-state index in [4.69, 9.17) is 11.6 Å². The van der Waals surface area contributed by atoms with Gasteiger partial charge in [-0.1, -0.05) is 71.8 Å². The van der Waals surface area contributed by atoms with E-state index in [0.717, 1.165) is 16.7 Å². The Labute approximate surface area is 187 Å². The van der Waals surface area contributed by atoms with E-state index in [1.54, 1.807) is 30.3 Å². The number of aryl methyl sites for hydroxylation is 1. The molecule has 0 aromatic heterocycles. The number of para-hydroxylation sites is 1. The Balaban J connectivity index is 1.70. The average Bonchev–Trinajstić information content (AvgIpc) is 2.76. The molecular weight excluding hydrogens is 432 g/mol. The van der Waals surface area contributed by atoms with Gasteiger partial charge in [-0.25, -0.2) is 8.42 Å². The predicted molar refractivity (Wildman–Crippen MR) is 123 cm³/mol. The molecule has 3 aromatic carbocycles. The van der Waals surface area contributed by atoms with Crippen LogP contribution >= 0.6 is 11.6 Å². The summed E-state index contributed by atoms with van der Waals surface area (Å²) in [7, 11) is -4.05. The first kappa shape index (κ1) is 21.2. The molecule has 3 aromatic rings. The van der Waals surface area contributed by atoms with Crippen molar-refractivity contribution in [3.63, 3.8) is 0 Å². The zero-order valence-electron chi connectivity index (χ0n) is 16.9. The summed E-state index contributed by atoms with van der Waals surface area (Å²) in [6.07, 6.45) is 1.28. The number of nitrogens with zero attached hydrogens (tertiary/aromatic N) is 1. The molecule has 31 heavy (non-hydrogen) atoms. The highest BCUT2D eigenvalue weighted by Crippen LogP contribution is 2.36. The molecule has 0 atom stereocenters. The molecule has 0 fully saturated rings. The van der Waals surface area contributed by atoms with Crippen molar-refractivity contribution < 1.29 is 13.2 Å². The van der Waals surface area contributed by atoms with Crippen molar-refractivity contribution in [3.05, 3.63) is 111 Å². The van der Waals surface area contributed by atoms with E-state index in [2.05, 4.69) is 5.32 Å². The molecule has 1 N–H and O–H groups in total. The van der Waals surface area contributed by atoms with Gasteiger partial charge in [0.15, 0.2) is 4.91 Å². The van der Waals surface area contributed by atoms with Crippen molar-refractivity contribution in [1.29, 1.82) is 0 Å². The van der Waals surface area contributed by atoms with Crippen LogP contribution in [0.2, 0.25) is 5.02 Å². The molecule has 0 saturated carbocycles. The maximum Gasteiger partial charge on any atom is 0.270 e. The van der Waals surface area contributed by atoms with Crippen LogP contribution in [0.25, 0.3) is 0 Å². The molecule has 1 aliphatic rings. The third kappa shape index (κ3) is 4.22. The van der Waals surface area contributed by atoms with E-state index >= 15 is 0 Å². The minimum atomic E-state index is -4.05. The summed E-state index contributed by atoms with van der Waals surface area (Å²) in [5.74, 6) is -0.526. The normalized spacial score (nSPS) is 16.3. The van der Waals surface area contributed by atoms with Gasteiger partial charge in [-0.2, -0.15) is 0 Å². The fraction of sp³-hybridized carbons (Fsp3) is 0.125. The van der Waals surface area contributed by atoms with Gasteiger partial charge < -0.3 is 5.32 Å². The fourth-order valence-corrected chi connectivity index (χ4v) is 5.20. The Bertz CT molecular complexity index is 1270. The van der Waals surface area contributed by atoms with Crippen LogP contribution in [0.1, 0.15) is 27.0 Å². The monoisotopic (exact) mass is 452 g/mol. The molecule has 1 heterocycles. The summed E-state index contributed by atoms with van der Waals surface area (Å²) in [4.78, 5) is 12.8. The summed E-state index contributed by atoms with van der Waals surface area (Å²) in [5, 5.41) is 3.52. The number of carbonyl (C=O) groups excluding carboxylic acids is 1. The zero-order chi connectivity index (χ0) is 22.0. The highest BCUT2D eigenvalue weighted by Gasteiger charge is 2.39. The van der Waals surface area contributed by atoms with Crippen molar-refractivity contribution in [2.45, 2.75) is 20.0 Å². The van der Waals surface area contributed by atoms with E-state index in [1.807, 2.05) is 49.4 Å². The van der Waals surface area contributed by atoms with Crippen LogP contribution in [0.4, 0.5) is 5.69 Å². The molecule has 1 aliphatic heterocycles. The lowest BCUT2D eigenvalue weighted by atomic mass is 10.1. The van der Waals surface area contributed by atoms with Crippen molar-refractivity contribution in [2.75, 3.05) is 4.31 Å². The van der Waals surface area contributed by atoms with Crippen molar-refractivity contribution in [3.8, 4) is 0 Å². The van der Waals surface area contributed by atoms with Crippen molar-refractivity contribution in [1.82, 2.24) is 5.32 Å². The molecule has 0 spiro atoms. The number of ketones is 1. The van der Waals surface area contributed by atoms with E-state index in [9.17, 15) is 13.2 Å². The summed E-state index contributed by atoms with van der Waals surface area (Å²) in [6.45, 7) is 2.40. The molecule has 5 nitrogen and oxygen atoms in total. The average molecular weight is 453 g/mol. The minimum Gasteiger partial charge on any atom is -0.386 e. The second kappa shape index (κ2) is 8.57. The number of sulfonamides is 1. The molecule has 0 saturated heterocycles. The lowest BCUT2D eigenvalue weighted by Gasteiger charge is -2.31. The van der Waals surface area contributed by atoms with Gasteiger partial charge in [0.2, 0.25) is 5.78 Å². The molecule has 0 aliphatic carbocycles. The minimum absolute atomic E-state index is 0.134. The third-order valence-corrected chi connectivity index (χ3v) is 7.27. The maximum atomic E-state index is 13.4. The van der Waals surface area contributed by atoms with Crippen molar-refractivity contribution in [2.24, 2.45) is 0 Å². The van der Waals surface area contributed by atoms with Gasteiger partial charge in [0.25, 0.3) is 10.0 Å². The second-order valence-electron chi connectivity index (χ2n) is 7.32. The molecule has 0 bridgehead atoms. The van der Waals surface area contributed by atoms with Crippen LogP contribution in [-0.4, -0.2) is 14.2 Å². The number of nitrogens with one attached hydrogen (secondary N) is 1. The van der Waals surface area contributed by atoms with Gasteiger partial charge in [0.1, 0.15) is 0 Å². The number of halogens is 1. The van der Waals surface area contributed by atoms with Crippen LogP contribution in [0.3, 0.4) is 0 Å². The Morgan fingerprint density at radius 3 is 2.39 bits per heavy atom. The number of rotatable bonds is 5. The number of allylic oxidation sites excluding steroid dienone is 1. The summed E-state index contributed by atoms with van der Waals surface area (Å²) >= 11 is 6.17. The largest absolute Gasteiger partial charge is 0.386 e. The van der Waals surface area contributed by atoms with Gasteiger partial charge in [-0.3, -0.25) is 9.10 Å². The summed E-state index contributed by atoms with van der Waals surface area (Å²) in [5.41, 5.74) is 3.47. The van der Waals surface area contributed by atoms with E-state index in [0.29, 0.717) is 22.8 Å². The number of anilines is 1. The number of fused-ring (bicyclic) bond motifs is 1. The second-order valence-corrected chi connectivity index (χ2v) is 9.56. The van der Waals surface area contributed by atoms with Crippen LogP contribution in [-0.2, 0) is 23.1 Å². The first-order valence-corrected chi connectivity index (χ1v) is 11.6. The molecule has 0 radical (unpaired) electrons. The molecule has 4 rings (SSSR count). The van der Waals surface area contributed by atoms with Crippen LogP contribution in [0, 0.1) is 6.92 Å². The quantitative estimate of drug-likeness (QED) is 0.564. The van der Waals surface area contributed by atoms with E-state index < -0.39 is 15.8 Å². The Morgan fingerprint density at radius 2 is 1.65 bits per heavy atom. The number of hydrogen-bond donors (Lipinski definition) is 1. The van der Waals surface area contributed by atoms with Crippen LogP contribution < -0.4 is 9.62 Å². The zero-order valence-corrected chi connectivity index (χ0v) is 18.5. The predicted octanol–water partition coefficient (Wildman–Crippen LogP) is 4.81. The highest BCUT2D eigenvalue weighted by molar-refractivity contribution is 7.97. The SMILES string of the molecule is Cc1ccc(CN2c3ccccc3C(=O)/C(=C\NCc3ccccc3Cl)S2(=O)=O)cc1. The first-order valence-electron chi connectivity index (χ1n) is 9.77. The fourth-order valence-electron chi connectivity index (χ4n) is 3.45. The molecule has 0 amide bonds. The van der Waals surface area contributed by atoms with E-state index in [-0.39, 0.29) is 11.4 Å². The molecule has 7 heteroatoms. The summed E-state index contributed by atoms with van der Waals surface area (Å²) in [6, 6.07) is 21.7. The van der Waals surface area contributed by atoms with Gasteiger partial charge in [-0.15, -0.1) is 0 Å². The summed E-state index contributed by atoms with van der Waals surface area (Å²) < 4.78 is 28.2.